The molecular weight excluding hydrogens is 426 g/mol. The van der Waals surface area contributed by atoms with Gasteiger partial charge in [0, 0.05) is 18.8 Å². The molecule has 0 unspecified atom stereocenters. The summed E-state index contributed by atoms with van der Waals surface area (Å²) in [4.78, 5) is 11.6. The van der Waals surface area contributed by atoms with Gasteiger partial charge >= 0.3 is 5.97 Å². The second-order valence-electron chi connectivity index (χ2n) is 13.4. The van der Waals surface area contributed by atoms with Gasteiger partial charge in [-0.2, -0.15) is 0 Å². The molecule has 194 valence electrons. The van der Waals surface area contributed by atoms with Gasteiger partial charge in [0.05, 0.1) is 5.71 Å². The van der Waals surface area contributed by atoms with Crippen LogP contribution in [0, 0.1) is 46.3 Å². The molecule has 9 atom stereocenters. The maximum absolute atomic E-state index is 12.0. The Kier molecular flexibility index (Phi) is 7.19. The van der Waals surface area contributed by atoms with E-state index >= 15 is 0 Å². The van der Waals surface area contributed by atoms with E-state index < -0.39 is 5.60 Å². The average Bonchev–Trinajstić information content (AvgIpc) is 3.11. The van der Waals surface area contributed by atoms with Crippen LogP contribution in [-0.4, -0.2) is 33.7 Å². The van der Waals surface area contributed by atoms with E-state index in [0.717, 1.165) is 37.0 Å². The monoisotopic (exact) mass is 475 g/mol. The molecule has 0 amide bonds. The molecule has 5 nitrogen and oxygen atoms in total. The smallest absolute Gasteiger partial charge is 0.302 e. The fourth-order valence-electron chi connectivity index (χ4n) is 9.51. The zero-order chi connectivity index (χ0) is 24.9. The third-order valence-electron chi connectivity index (χ3n) is 11.3. The van der Waals surface area contributed by atoms with Gasteiger partial charge < -0.3 is 15.1 Å². The summed E-state index contributed by atoms with van der Waals surface area (Å²) in [6.07, 6.45) is 11.2. The summed E-state index contributed by atoms with van der Waals surface area (Å²) in [6.45, 7) is 13.3. The molecule has 0 aromatic heterocycles. The maximum Gasteiger partial charge on any atom is 0.302 e. The SMILES string of the molecule is CC(=O)O[C@H]1CC[C@]2(C)[C@@H]3CC[C@@]4(C)[C@H](CC[C@@H]4[C@H](C)CCCC(C)C)[C@@H]3C/C(=N\O)[C@]2(O)C1. The van der Waals surface area contributed by atoms with E-state index in [1.807, 2.05) is 0 Å². The summed E-state index contributed by atoms with van der Waals surface area (Å²) in [6, 6.07) is 0. The molecule has 4 rings (SSSR count). The fourth-order valence-corrected chi connectivity index (χ4v) is 9.51. The Hall–Kier alpha value is -1.10. The summed E-state index contributed by atoms with van der Waals surface area (Å²) in [5.74, 6) is 3.53. The van der Waals surface area contributed by atoms with Crippen LogP contribution < -0.4 is 0 Å². The van der Waals surface area contributed by atoms with Gasteiger partial charge in [-0.3, -0.25) is 4.79 Å². The Bertz CT molecular complexity index is 795. The molecule has 4 aliphatic carbocycles. The molecule has 0 bridgehead atoms. The molecule has 2 N–H and O–H groups in total. The highest BCUT2D eigenvalue weighted by atomic mass is 16.5. The van der Waals surface area contributed by atoms with Gasteiger partial charge in [-0.1, -0.05) is 59.0 Å². The Morgan fingerprint density at radius 3 is 2.47 bits per heavy atom. The molecule has 0 aliphatic heterocycles. The summed E-state index contributed by atoms with van der Waals surface area (Å²) >= 11 is 0. The predicted molar refractivity (Wildman–Crippen MR) is 135 cm³/mol. The largest absolute Gasteiger partial charge is 0.462 e. The number of hydrogen-bond acceptors (Lipinski definition) is 5. The molecular formula is C29H49NO4. The molecule has 4 aliphatic rings. The van der Waals surface area contributed by atoms with Crippen molar-refractivity contribution in [1.82, 2.24) is 0 Å². The lowest BCUT2D eigenvalue weighted by Crippen LogP contribution is -2.67. The van der Waals surface area contributed by atoms with Gasteiger partial charge in [-0.25, -0.2) is 0 Å². The molecule has 34 heavy (non-hydrogen) atoms. The number of carbonyl (C=O) groups excluding carboxylic acids is 1. The molecule has 0 radical (unpaired) electrons. The minimum atomic E-state index is -1.20. The quantitative estimate of drug-likeness (QED) is 0.258. The minimum absolute atomic E-state index is 0.304. The molecule has 0 aromatic carbocycles. The van der Waals surface area contributed by atoms with E-state index in [2.05, 4.69) is 39.8 Å². The second kappa shape index (κ2) is 9.41. The number of hydrogen-bond donors (Lipinski definition) is 2. The van der Waals surface area contributed by atoms with Crippen LogP contribution in [0.3, 0.4) is 0 Å². The van der Waals surface area contributed by atoms with E-state index in [9.17, 15) is 15.1 Å². The molecule has 4 fully saturated rings. The van der Waals surface area contributed by atoms with E-state index in [-0.39, 0.29) is 17.5 Å². The Morgan fingerprint density at radius 1 is 1.09 bits per heavy atom. The Morgan fingerprint density at radius 2 is 1.82 bits per heavy atom. The van der Waals surface area contributed by atoms with Gasteiger partial charge in [0.2, 0.25) is 0 Å². The number of ether oxygens (including phenoxy) is 1. The van der Waals surface area contributed by atoms with Crippen LogP contribution in [0.5, 0.6) is 0 Å². The first-order valence-corrected chi connectivity index (χ1v) is 14.1. The van der Waals surface area contributed by atoms with Crippen LogP contribution in [-0.2, 0) is 9.53 Å². The topological polar surface area (TPSA) is 79.1 Å². The predicted octanol–water partition coefficient (Wildman–Crippen LogP) is 6.59. The van der Waals surface area contributed by atoms with Crippen molar-refractivity contribution in [2.75, 3.05) is 0 Å². The highest BCUT2D eigenvalue weighted by Gasteiger charge is 2.67. The van der Waals surface area contributed by atoms with Gasteiger partial charge in [0.25, 0.3) is 0 Å². The number of fused-ring (bicyclic) bond motifs is 5. The molecule has 5 heteroatoms. The zero-order valence-electron chi connectivity index (χ0n) is 22.5. The molecule has 0 aromatic rings. The third kappa shape index (κ3) is 4.12. The number of oxime groups is 1. The number of rotatable bonds is 6. The van der Waals surface area contributed by atoms with Gasteiger partial charge in [0.1, 0.15) is 11.7 Å². The van der Waals surface area contributed by atoms with Gasteiger partial charge in [-0.05, 0) is 85.9 Å². The molecule has 0 spiro atoms. The first kappa shape index (κ1) is 26.0. The van der Waals surface area contributed by atoms with Crippen molar-refractivity contribution in [2.45, 2.75) is 124 Å². The molecule has 0 heterocycles. The van der Waals surface area contributed by atoms with Crippen molar-refractivity contribution >= 4 is 11.7 Å². The van der Waals surface area contributed by atoms with Crippen LogP contribution >= 0.6 is 0 Å². The summed E-state index contributed by atoms with van der Waals surface area (Å²) < 4.78 is 5.52. The lowest BCUT2D eigenvalue weighted by molar-refractivity contribution is -0.183. The summed E-state index contributed by atoms with van der Waals surface area (Å²) in [5.41, 5.74) is -0.654. The highest BCUT2D eigenvalue weighted by Crippen LogP contribution is 2.68. The van der Waals surface area contributed by atoms with Gasteiger partial charge in [0.15, 0.2) is 0 Å². The van der Waals surface area contributed by atoms with E-state index in [0.29, 0.717) is 41.7 Å². The number of nitrogens with zero attached hydrogens (tertiary/aromatic N) is 1. The highest BCUT2D eigenvalue weighted by molar-refractivity contribution is 5.94. The van der Waals surface area contributed by atoms with Crippen LogP contribution in [0.25, 0.3) is 0 Å². The van der Waals surface area contributed by atoms with Gasteiger partial charge in [-0.15, -0.1) is 0 Å². The zero-order valence-corrected chi connectivity index (χ0v) is 22.5. The lowest BCUT2D eigenvalue weighted by Gasteiger charge is -2.64. The van der Waals surface area contributed by atoms with Crippen molar-refractivity contribution in [3.63, 3.8) is 0 Å². The standard InChI is InChI=1S/C29H49NO4/c1-18(2)8-7-9-19(3)23-10-11-24-22-16-26(30-33)29(32)17-21(34-20(4)31)12-15-28(29,6)25(22)13-14-27(23,24)5/h18-19,21-25,32-33H,7-17H2,1-6H3/b30-26+/t19-,21+,22+,23-,24-,25-,27-,28-,29-/m1/s1. The lowest BCUT2D eigenvalue weighted by atomic mass is 9.42. The van der Waals surface area contributed by atoms with Crippen LogP contribution in [0.15, 0.2) is 5.16 Å². The minimum Gasteiger partial charge on any atom is -0.462 e. The summed E-state index contributed by atoms with van der Waals surface area (Å²) in [7, 11) is 0. The van der Waals surface area contributed by atoms with Crippen molar-refractivity contribution < 1.29 is 19.8 Å². The normalized spacial score (nSPS) is 46.0. The first-order chi connectivity index (χ1) is 16.0. The van der Waals surface area contributed by atoms with Crippen molar-refractivity contribution in [2.24, 2.45) is 51.5 Å². The fraction of sp³-hybridized carbons (Fsp3) is 0.931. The molecule has 4 saturated carbocycles. The number of carbonyl (C=O) groups is 1. The van der Waals surface area contributed by atoms with Crippen LogP contribution in [0.2, 0.25) is 0 Å². The number of aliphatic hydroxyl groups is 1. The Labute approximate surface area is 207 Å². The van der Waals surface area contributed by atoms with E-state index in [1.54, 1.807) is 0 Å². The van der Waals surface area contributed by atoms with Crippen molar-refractivity contribution in [3.8, 4) is 0 Å². The van der Waals surface area contributed by atoms with Crippen molar-refractivity contribution in [1.29, 1.82) is 0 Å². The maximum atomic E-state index is 12.0. The van der Waals surface area contributed by atoms with E-state index in [4.69, 9.17) is 4.74 Å². The van der Waals surface area contributed by atoms with E-state index in [1.165, 1.54) is 45.4 Å². The Balaban J connectivity index is 1.56. The molecule has 0 saturated heterocycles. The third-order valence-corrected chi connectivity index (χ3v) is 11.3. The number of esters is 1. The second-order valence-corrected chi connectivity index (χ2v) is 13.4. The summed E-state index contributed by atoms with van der Waals surface area (Å²) in [5, 5.41) is 25.8. The van der Waals surface area contributed by atoms with Crippen molar-refractivity contribution in [3.05, 3.63) is 0 Å². The first-order valence-electron chi connectivity index (χ1n) is 14.1. The average molecular weight is 476 g/mol. The van der Waals surface area contributed by atoms with Crippen LogP contribution in [0.1, 0.15) is 112 Å². The van der Waals surface area contributed by atoms with Crippen LogP contribution in [0.4, 0.5) is 0 Å².